The van der Waals surface area contributed by atoms with Crippen LogP contribution in [0.1, 0.15) is 6.92 Å². The van der Waals surface area contributed by atoms with Gasteiger partial charge < -0.3 is 5.32 Å². The van der Waals surface area contributed by atoms with Crippen LogP contribution in [-0.2, 0) is 10.0 Å². The summed E-state index contributed by atoms with van der Waals surface area (Å²) in [6, 6.07) is 5.13. The van der Waals surface area contributed by atoms with Crippen molar-refractivity contribution >= 4 is 32.8 Å². The van der Waals surface area contributed by atoms with Crippen molar-refractivity contribution in [3.05, 3.63) is 18.2 Å². The predicted octanol–water partition coefficient (Wildman–Crippen LogP) is 0.674. The van der Waals surface area contributed by atoms with Crippen molar-refractivity contribution < 1.29 is 8.42 Å². The van der Waals surface area contributed by atoms with Crippen molar-refractivity contribution in [3.8, 4) is 0 Å². The molecule has 1 saturated heterocycles. The third-order valence-electron chi connectivity index (χ3n) is 3.31. The first-order chi connectivity index (χ1) is 9.14. The Morgan fingerprint density at radius 3 is 2.84 bits per heavy atom. The summed E-state index contributed by atoms with van der Waals surface area (Å²) in [5, 5.41) is 3.10. The number of rotatable bonds is 4. The number of benzene rings is 1. The van der Waals surface area contributed by atoms with E-state index in [4.69, 9.17) is 0 Å². The van der Waals surface area contributed by atoms with E-state index in [2.05, 4.69) is 14.1 Å². The zero-order valence-corrected chi connectivity index (χ0v) is 12.0. The van der Waals surface area contributed by atoms with Crippen molar-refractivity contribution in [1.82, 2.24) is 18.4 Å². The Hall–Kier alpha value is -1.09. The Kier molecular flexibility index (Phi) is 3.25. The Morgan fingerprint density at radius 1 is 1.42 bits per heavy atom. The van der Waals surface area contributed by atoms with Crippen LogP contribution in [0.15, 0.2) is 23.1 Å². The van der Waals surface area contributed by atoms with E-state index in [1.165, 1.54) is 4.31 Å². The molecule has 0 spiro atoms. The maximum absolute atomic E-state index is 12.7. The fourth-order valence-corrected chi connectivity index (χ4v) is 4.60. The number of nitrogens with one attached hydrogen (secondary N) is 1. The number of fused-ring (bicyclic) bond motifs is 1. The second-order valence-electron chi connectivity index (χ2n) is 4.41. The fourth-order valence-electron chi connectivity index (χ4n) is 2.22. The molecule has 6 nitrogen and oxygen atoms in total. The van der Waals surface area contributed by atoms with Crippen molar-refractivity contribution in [2.45, 2.75) is 17.9 Å². The molecule has 3 rings (SSSR count). The molecule has 0 amide bonds. The molecule has 1 aliphatic heterocycles. The van der Waals surface area contributed by atoms with E-state index in [9.17, 15) is 8.42 Å². The average Bonchev–Trinajstić information content (AvgIpc) is 2.80. The van der Waals surface area contributed by atoms with Crippen molar-refractivity contribution in [3.63, 3.8) is 0 Å². The van der Waals surface area contributed by atoms with Gasteiger partial charge in [0.25, 0.3) is 0 Å². The highest BCUT2D eigenvalue weighted by molar-refractivity contribution is 7.89. The Labute approximate surface area is 115 Å². The van der Waals surface area contributed by atoms with Crippen LogP contribution in [0.2, 0.25) is 0 Å². The maximum Gasteiger partial charge on any atom is 0.245 e. The van der Waals surface area contributed by atoms with Gasteiger partial charge in [0.2, 0.25) is 10.0 Å². The number of aromatic nitrogens is 2. The molecular weight excluding hydrogens is 284 g/mol. The molecule has 1 fully saturated rings. The number of sulfonamides is 1. The lowest BCUT2D eigenvalue weighted by Crippen LogP contribution is -2.58. The SMILES string of the molecule is CCN(C1CNC1)S(=O)(=O)c1cccc2nsnc12. The average molecular weight is 298 g/mol. The van der Waals surface area contributed by atoms with Crippen LogP contribution < -0.4 is 5.32 Å². The van der Waals surface area contributed by atoms with Gasteiger partial charge in [0.1, 0.15) is 15.9 Å². The van der Waals surface area contributed by atoms with Crippen LogP contribution >= 0.6 is 11.7 Å². The van der Waals surface area contributed by atoms with E-state index in [1.54, 1.807) is 18.2 Å². The highest BCUT2D eigenvalue weighted by Crippen LogP contribution is 2.26. The molecule has 2 heterocycles. The smallest absolute Gasteiger partial charge is 0.245 e. The molecule has 0 bridgehead atoms. The molecule has 0 aliphatic carbocycles. The summed E-state index contributed by atoms with van der Waals surface area (Å²) in [7, 11) is -3.51. The highest BCUT2D eigenvalue weighted by atomic mass is 32.2. The van der Waals surface area contributed by atoms with Gasteiger partial charge in [-0.25, -0.2) is 8.42 Å². The molecule has 0 unspecified atom stereocenters. The third kappa shape index (κ3) is 2.04. The van der Waals surface area contributed by atoms with Gasteiger partial charge in [-0.1, -0.05) is 13.0 Å². The summed E-state index contributed by atoms with van der Waals surface area (Å²) < 4.78 is 35.2. The lowest BCUT2D eigenvalue weighted by molar-refractivity contribution is 0.250. The van der Waals surface area contributed by atoms with Crippen LogP contribution in [-0.4, -0.2) is 47.1 Å². The van der Waals surface area contributed by atoms with Crippen LogP contribution in [0.5, 0.6) is 0 Å². The van der Waals surface area contributed by atoms with Gasteiger partial charge in [-0.3, -0.25) is 0 Å². The van der Waals surface area contributed by atoms with Crippen molar-refractivity contribution in [1.29, 1.82) is 0 Å². The summed E-state index contributed by atoms with van der Waals surface area (Å²) >= 11 is 1.04. The van der Waals surface area contributed by atoms with Gasteiger partial charge in [-0.2, -0.15) is 13.1 Å². The molecule has 1 aromatic heterocycles. The van der Waals surface area contributed by atoms with Gasteiger partial charge in [0.05, 0.1) is 17.8 Å². The van der Waals surface area contributed by atoms with Crippen LogP contribution in [0.25, 0.3) is 11.0 Å². The van der Waals surface area contributed by atoms with Gasteiger partial charge in [0, 0.05) is 19.6 Å². The second kappa shape index (κ2) is 4.78. The molecule has 0 saturated carbocycles. The van der Waals surface area contributed by atoms with Crippen LogP contribution in [0.4, 0.5) is 0 Å². The van der Waals surface area contributed by atoms with E-state index in [1.807, 2.05) is 6.92 Å². The van der Waals surface area contributed by atoms with E-state index in [0.717, 1.165) is 11.7 Å². The quantitative estimate of drug-likeness (QED) is 0.898. The molecule has 2 aromatic rings. The highest BCUT2D eigenvalue weighted by Gasteiger charge is 2.34. The van der Waals surface area contributed by atoms with Gasteiger partial charge in [-0.05, 0) is 12.1 Å². The summed E-state index contributed by atoms with van der Waals surface area (Å²) in [4.78, 5) is 0.257. The lowest BCUT2D eigenvalue weighted by atomic mass is 10.2. The number of nitrogens with zero attached hydrogens (tertiary/aromatic N) is 3. The van der Waals surface area contributed by atoms with Crippen LogP contribution in [0.3, 0.4) is 0 Å². The topological polar surface area (TPSA) is 75.2 Å². The van der Waals surface area contributed by atoms with E-state index in [-0.39, 0.29) is 10.9 Å². The molecular formula is C11H14N4O2S2. The fraction of sp³-hybridized carbons (Fsp3) is 0.455. The van der Waals surface area contributed by atoms with E-state index < -0.39 is 10.0 Å². The molecule has 1 N–H and O–H groups in total. The zero-order valence-electron chi connectivity index (χ0n) is 10.4. The molecule has 1 aromatic carbocycles. The Bertz CT molecular complexity index is 694. The van der Waals surface area contributed by atoms with E-state index >= 15 is 0 Å². The first kappa shape index (κ1) is 12.9. The van der Waals surface area contributed by atoms with E-state index in [0.29, 0.717) is 30.7 Å². The Morgan fingerprint density at radius 2 is 2.21 bits per heavy atom. The molecule has 0 atom stereocenters. The largest absolute Gasteiger partial charge is 0.313 e. The first-order valence-corrected chi connectivity index (χ1v) is 8.25. The molecule has 0 radical (unpaired) electrons. The van der Waals surface area contributed by atoms with Crippen molar-refractivity contribution in [2.24, 2.45) is 0 Å². The number of likely N-dealkylation sites (N-methyl/N-ethyl adjacent to an activating group) is 1. The minimum atomic E-state index is -3.51. The number of hydrogen-bond acceptors (Lipinski definition) is 6. The summed E-state index contributed by atoms with van der Waals surface area (Å²) in [5.41, 5.74) is 1.10. The van der Waals surface area contributed by atoms with Crippen LogP contribution in [0, 0.1) is 0 Å². The second-order valence-corrected chi connectivity index (χ2v) is 6.80. The van der Waals surface area contributed by atoms with Crippen molar-refractivity contribution in [2.75, 3.05) is 19.6 Å². The minimum absolute atomic E-state index is 0.0388. The third-order valence-corrected chi connectivity index (χ3v) is 5.92. The standard InChI is InChI=1S/C11H14N4O2S2/c1-2-15(8-6-12-7-8)19(16,17)10-5-3-4-9-11(10)14-18-13-9/h3-5,8,12H,2,6-7H2,1H3. The normalized spacial score (nSPS) is 16.9. The molecule has 8 heteroatoms. The summed E-state index contributed by atoms with van der Waals surface area (Å²) in [5.74, 6) is 0. The first-order valence-electron chi connectivity index (χ1n) is 6.08. The molecule has 1 aliphatic rings. The Balaban J connectivity index is 2.10. The summed E-state index contributed by atoms with van der Waals surface area (Å²) in [6.07, 6.45) is 0. The van der Waals surface area contributed by atoms with Gasteiger partial charge >= 0.3 is 0 Å². The molecule has 19 heavy (non-hydrogen) atoms. The van der Waals surface area contributed by atoms with Gasteiger partial charge in [0.15, 0.2) is 0 Å². The number of hydrogen-bond donors (Lipinski definition) is 1. The molecule has 102 valence electrons. The maximum atomic E-state index is 12.7. The predicted molar refractivity (Wildman–Crippen MR) is 73.6 cm³/mol. The zero-order chi connectivity index (χ0) is 13.5. The minimum Gasteiger partial charge on any atom is -0.313 e. The monoisotopic (exact) mass is 298 g/mol. The van der Waals surface area contributed by atoms with Gasteiger partial charge in [-0.15, -0.1) is 0 Å². The lowest BCUT2D eigenvalue weighted by Gasteiger charge is -2.36. The summed E-state index contributed by atoms with van der Waals surface area (Å²) in [6.45, 7) is 3.73.